The van der Waals surface area contributed by atoms with Gasteiger partial charge in [0, 0.05) is 42.4 Å². The molecule has 1 aliphatic rings. The van der Waals surface area contributed by atoms with Gasteiger partial charge in [-0.25, -0.2) is 0 Å². The molecule has 23 heavy (non-hydrogen) atoms. The van der Waals surface area contributed by atoms with Gasteiger partial charge in [-0.05, 0) is 54.8 Å². The maximum atomic E-state index is 6.12. The fourth-order valence-electron chi connectivity index (χ4n) is 3.33. The van der Waals surface area contributed by atoms with Crippen LogP contribution in [0.2, 0.25) is 10.0 Å². The first-order valence-corrected chi connectivity index (χ1v) is 8.74. The van der Waals surface area contributed by atoms with E-state index in [0.717, 1.165) is 12.1 Å². The van der Waals surface area contributed by atoms with Crippen LogP contribution >= 0.6 is 23.2 Å². The number of anilines is 1. The number of aromatic nitrogens is 1. The summed E-state index contributed by atoms with van der Waals surface area (Å²) >= 11 is 12.1. The Hall–Kier alpha value is -1.64. The van der Waals surface area contributed by atoms with Gasteiger partial charge in [0.2, 0.25) is 0 Å². The maximum Gasteiger partial charge on any atom is 0.0595 e. The molecule has 0 spiro atoms. The van der Waals surface area contributed by atoms with Gasteiger partial charge in [0.25, 0.3) is 0 Å². The molecular formula is C19H18Cl2N2. The molecular weight excluding hydrogens is 327 g/mol. The fourth-order valence-corrected chi connectivity index (χ4v) is 3.65. The largest absolute Gasteiger partial charge is 0.372 e. The number of hydrogen-bond donors (Lipinski definition) is 0. The molecule has 0 saturated carbocycles. The molecule has 118 valence electrons. The molecule has 0 radical (unpaired) electrons. The zero-order chi connectivity index (χ0) is 15.8. The van der Waals surface area contributed by atoms with Crippen molar-refractivity contribution in [2.45, 2.75) is 19.4 Å². The Bertz CT molecular complexity index is 848. The number of rotatable bonds is 3. The Kier molecular flexibility index (Phi) is 3.96. The lowest BCUT2D eigenvalue weighted by atomic mass is 10.2. The molecule has 2 nitrogen and oxygen atoms in total. The number of nitrogens with zero attached hydrogens (tertiary/aromatic N) is 2. The van der Waals surface area contributed by atoms with Gasteiger partial charge in [-0.15, -0.1) is 0 Å². The van der Waals surface area contributed by atoms with E-state index in [1.54, 1.807) is 0 Å². The highest BCUT2D eigenvalue weighted by molar-refractivity contribution is 6.42. The predicted molar refractivity (Wildman–Crippen MR) is 98.9 cm³/mol. The lowest BCUT2D eigenvalue weighted by Gasteiger charge is -2.17. The van der Waals surface area contributed by atoms with Crippen molar-refractivity contribution in [1.29, 1.82) is 0 Å². The summed E-state index contributed by atoms with van der Waals surface area (Å²) < 4.78 is 2.25. The highest BCUT2D eigenvalue weighted by Crippen LogP contribution is 2.27. The second-order valence-corrected chi connectivity index (χ2v) is 6.94. The Morgan fingerprint density at radius 1 is 0.870 bits per heavy atom. The number of hydrogen-bond acceptors (Lipinski definition) is 1. The Morgan fingerprint density at radius 2 is 1.70 bits per heavy atom. The quantitative estimate of drug-likeness (QED) is 0.600. The topological polar surface area (TPSA) is 8.17 Å². The lowest BCUT2D eigenvalue weighted by molar-refractivity contribution is 0.837. The second kappa shape index (κ2) is 6.10. The first kappa shape index (κ1) is 14.9. The van der Waals surface area contributed by atoms with Crippen molar-refractivity contribution in [2.24, 2.45) is 0 Å². The molecule has 1 fully saturated rings. The van der Waals surface area contributed by atoms with Gasteiger partial charge in [0.1, 0.15) is 0 Å². The smallest absolute Gasteiger partial charge is 0.0595 e. The maximum absolute atomic E-state index is 6.12. The molecule has 4 heteroatoms. The van der Waals surface area contributed by atoms with E-state index in [0.29, 0.717) is 10.0 Å². The molecule has 0 unspecified atom stereocenters. The third kappa shape index (κ3) is 2.93. The van der Waals surface area contributed by atoms with Crippen molar-refractivity contribution in [3.63, 3.8) is 0 Å². The zero-order valence-electron chi connectivity index (χ0n) is 12.8. The van der Waals surface area contributed by atoms with Gasteiger partial charge in [-0.3, -0.25) is 0 Å². The van der Waals surface area contributed by atoms with Gasteiger partial charge < -0.3 is 9.47 Å². The monoisotopic (exact) mass is 344 g/mol. The number of benzene rings is 2. The van der Waals surface area contributed by atoms with Crippen LogP contribution < -0.4 is 4.90 Å². The molecule has 2 aromatic carbocycles. The normalized spacial score (nSPS) is 14.8. The molecule has 0 aliphatic carbocycles. The Morgan fingerprint density at radius 3 is 2.48 bits per heavy atom. The fraction of sp³-hybridized carbons (Fsp3) is 0.263. The molecule has 2 heterocycles. The third-order valence-corrected chi connectivity index (χ3v) is 5.30. The van der Waals surface area contributed by atoms with Crippen LogP contribution in [0.25, 0.3) is 10.9 Å². The summed E-state index contributed by atoms with van der Waals surface area (Å²) in [6, 6.07) is 14.8. The van der Waals surface area contributed by atoms with Crippen molar-refractivity contribution in [3.05, 3.63) is 64.3 Å². The van der Waals surface area contributed by atoms with E-state index in [-0.39, 0.29) is 0 Å². The van der Waals surface area contributed by atoms with Crippen molar-refractivity contribution >= 4 is 39.8 Å². The lowest BCUT2D eigenvalue weighted by Crippen LogP contribution is -2.17. The number of halogens is 2. The first-order chi connectivity index (χ1) is 11.2. The molecule has 1 saturated heterocycles. The molecule has 0 atom stereocenters. The summed E-state index contributed by atoms with van der Waals surface area (Å²) in [5.41, 5.74) is 3.74. The summed E-state index contributed by atoms with van der Waals surface area (Å²) in [5, 5.41) is 2.49. The van der Waals surface area contributed by atoms with Crippen LogP contribution in [-0.2, 0) is 6.54 Å². The SMILES string of the molecule is Clc1ccc(Cn2ccc3cc(N4CCCC4)ccc32)cc1Cl. The number of fused-ring (bicyclic) bond motifs is 1. The van der Waals surface area contributed by atoms with E-state index in [9.17, 15) is 0 Å². The first-order valence-electron chi connectivity index (χ1n) is 7.98. The third-order valence-electron chi connectivity index (χ3n) is 4.56. The highest BCUT2D eigenvalue weighted by atomic mass is 35.5. The summed E-state index contributed by atoms with van der Waals surface area (Å²) in [6.45, 7) is 3.15. The van der Waals surface area contributed by atoms with E-state index >= 15 is 0 Å². The van der Waals surface area contributed by atoms with Crippen LogP contribution in [0.3, 0.4) is 0 Å². The van der Waals surface area contributed by atoms with Crippen LogP contribution in [0.5, 0.6) is 0 Å². The van der Waals surface area contributed by atoms with Gasteiger partial charge in [-0.1, -0.05) is 29.3 Å². The molecule has 1 aromatic heterocycles. The summed E-state index contributed by atoms with van der Waals surface area (Å²) in [7, 11) is 0. The van der Waals surface area contributed by atoms with E-state index in [1.165, 1.54) is 42.5 Å². The van der Waals surface area contributed by atoms with Crippen LogP contribution in [-0.4, -0.2) is 17.7 Å². The van der Waals surface area contributed by atoms with Crippen molar-refractivity contribution in [2.75, 3.05) is 18.0 Å². The summed E-state index contributed by atoms with van der Waals surface area (Å²) in [4.78, 5) is 2.47. The zero-order valence-corrected chi connectivity index (χ0v) is 14.3. The van der Waals surface area contributed by atoms with Crippen LogP contribution in [0.1, 0.15) is 18.4 Å². The van der Waals surface area contributed by atoms with E-state index in [2.05, 4.69) is 39.9 Å². The summed E-state index contributed by atoms with van der Waals surface area (Å²) in [6.07, 6.45) is 4.74. The average Bonchev–Trinajstić information content (AvgIpc) is 3.21. The van der Waals surface area contributed by atoms with Crippen molar-refractivity contribution in [1.82, 2.24) is 4.57 Å². The second-order valence-electron chi connectivity index (χ2n) is 6.13. The minimum absolute atomic E-state index is 0.600. The van der Waals surface area contributed by atoms with Crippen LogP contribution in [0.15, 0.2) is 48.7 Å². The molecule has 0 bridgehead atoms. The van der Waals surface area contributed by atoms with Gasteiger partial charge in [0.15, 0.2) is 0 Å². The standard InChI is InChI=1S/C19H18Cl2N2/c20-17-5-3-14(11-18(17)21)13-23-10-7-15-12-16(4-6-19(15)23)22-8-1-2-9-22/h3-7,10-12H,1-2,8-9,13H2. The highest BCUT2D eigenvalue weighted by Gasteiger charge is 2.13. The minimum atomic E-state index is 0.600. The molecule has 0 amide bonds. The van der Waals surface area contributed by atoms with Crippen LogP contribution in [0.4, 0.5) is 5.69 Å². The molecule has 0 N–H and O–H groups in total. The molecule has 3 aromatic rings. The Balaban J connectivity index is 1.64. The van der Waals surface area contributed by atoms with E-state index in [1.807, 2.05) is 18.2 Å². The van der Waals surface area contributed by atoms with Crippen molar-refractivity contribution in [3.8, 4) is 0 Å². The van der Waals surface area contributed by atoms with Gasteiger partial charge >= 0.3 is 0 Å². The average molecular weight is 345 g/mol. The molecule has 4 rings (SSSR count). The Labute approximate surface area is 146 Å². The summed E-state index contributed by atoms with van der Waals surface area (Å²) in [5.74, 6) is 0. The van der Waals surface area contributed by atoms with Gasteiger partial charge in [-0.2, -0.15) is 0 Å². The predicted octanol–water partition coefficient (Wildman–Crippen LogP) is 5.60. The van der Waals surface area contributed by atoms with E-state index < -0.39 is 0 Å². The minimum Gasteiger partial charge on any atom is -0.372 e. The van der Waals surface area contributed by atoms with Crippen LogP contribution in [0, 0.1) is 0 Å². The van der Waals surface area contributed by atoms with Crippen molar-refractivity contribution < 1.29 is 0 Å². The van der Waals surface area contributed by atoms with Gasteiger partial charge in [0.05, 0.1) is 10.0 Å². The molecule has 1 aliphatic heterocycles. The van der Waals surface area contributed by atoms with E-state index in [4.69, 9.17) is 23.2 Å².